The molecule has 2 atom stereocenters. The topological polar surface area (TPSA) is 46.2 Å². The van der Waals surface area contributed by atoms with Gasteiger partial charge in [0.1, 0.15) is 12.4 Å². The van der Waals surface area contributed by atoms with Crippen molar-refractivity contribution in [2.75, 3.05) is 0 Å². The van der Waals surface area contributed by atoms with Crippen LogP contribution in [0.25, 0.3) is 0 Å². The lowest BCUT2D eigenvalue weighted by atomic mass is 9.87. The zero-order chi connectivity index (χ0) is 10.5. The van der Waals surface area contributed by atoms with Gasteiger partial charge in [0, 0.05) is 0 Å². The summed E-state index contributed by atoms with van der Waals surface area (Å²) in [4.78, 5) is 0. The summed E-state index contributed by atoms with van der Waals surface area (Å²) in [6.07, 6.45) is 6.02. The molecule has 2 unspecified atom stereocenters. The predicted molar refractivity (Wildman–Crippen MR) is 54.9 cm³/mol. The molecule has 1 fully saturated rings. The van der Waals surface area contributed by atoms with Gasteiger partial charge >= 0.3 is 0 Å². The molecule has 1 saturated carbocycles. The summed E-state index contributed by atoms with van der Waals surface area (Å²) in [5.41, 5.74) is 0. The van der Waals surface area contributed by atoms with Crippen molar-refractivity contribution < 1.29 is 9.15 Å². The average Bonchev–Trinajstić information content (AvgIpc) is 2.79. The van der Waals surface area contributed by atoms with Gasteiger partial charge in [-0.05, 0) is 25.0 Å². The van der Waals surface area contributed by atoms with E-state index in [4.69, 9.17) is 14.4 Å². The highest BCUT2D eigenvalue weighted by atomic mass is 16.5. The molecule has 0 spiro atoms. The molecule has 80 valence electrons. The maximum absolute atomic E-state index is 8.97. The van der Waals surface area contributed by atoms with E-state index in [0.29, 0.717) is 6.61 Å². The lowest BCUT2D eigenvalue weighted by Crippen LogP contribution is -2.26. The largest absolute Gasteiger partial charge is 0.467 e. The van der Waals surface area contributed by atoms with Crippen LogP contribution in [0.5, 0.6) is 0 Å². The lowest BCUT2D eigenvalue weighted by molar-refractivity contribution is -0.0119. The van der Waals surface area contributed by atoms with E-state index in [1.807, 2.05) is 12.1 Å². The molecule has 3 nitrogen and oxygen atoms in total. The van der Waals surface area contributed by atoms with Crippen LogP contribution in [0.4, 0.5) is 0 Å². The Morgan fingerprint density at radius 2 is 2.33 bits per heavy atom. The van der Waals surface area contributed by atoms with E-state index in [-0.39, 0.29) is 12.0 Å². The zero-order valence-corrected chi connectivity index (χ0v) is 8.69. The molecular weight excluding hydrogens is 190 g/mol. The molecule has 1 heterocycles. The normalized spacial score (nSPS) is 26.1. The molecule has 2 rings (SSSR count). The van der Waals surface area contributed by atoms with E-state index in [2.05, 4.69) is 6.07 Å². The van der Waals surface area contributed by atoms with Crippen molar-refractivity contribution in [3.8, 4) is 6.07 Å². The van der Waals surface area contributed by atoms with Gasteiger partial charge in [-0.25, -0.2) is 0 Å². The van der Waals surface area contributed by atoms with Crippen LogP contribution in [-0.2, 0) is 11.3 Å². The molecule has 1 aromatic rings. The van der Waals surface area contributed by atoms with Gasteiger partial charge in [0.05, 0.1) is 24.4 Å². The first-order valence-electron chi connectivity index (χ1n) is 5.44. The highest BCUT2D eigenvalue weighted by molar-refractivity contribution is 4.97. The predicted octanol–water partition coefficient (Wildman–Crippen LogP) is 2.88. The first kappa shape index (κ1) is 10.3. The van der Waals surface area contributed by atoms with Crippen molar-refractivity contribution in [2.24, 2.45) is 5.92 Å². The van der Waals surface area contributed by atoms with Crippen LogP contribution in [0.3, 0.4) is 0 Å². The monoisotopic (exact) mass is 205 g/mol. The lowest BCUT2D eigenvalue weighted by Gasteiger charge is -2.26. The van der Waals surface area contributed by atoms with Crippen molar-refractivity contribution in [2.45, 2.75) is 38.4 Å². The van der Waals surface area contributed by atoms with Gasteiger partial charge in [0.15, 0.2) is 0 Å². The van der Waals surface area contributed by atoms with Crippen molar-refractivity contribution in [3.05, 3.63) is 24.2 Å². The quantitative estimate of drug-likeness (QED) is 0.762. The number of nitrogens with zero attached hydrogens (tertiary/aromatic N) is 1. The first-order chi connectivity index (χ1) is 7.40. The Morgan fingerprint density at radius 3 is 3.07 bits per heavy atom. The molecular formula is C12H15NO2. The summed E-state index contributed by atoms with van der Waals surface area (Å²) in [6, 6.07) is 6.07. The van der Waals surface area contributed by atoms with Gasteiger partial charge in [0.2, 0.25) is 0 Å². The van der Waals surface area contributed by atoms with E-state index in [1.165, 1.54) is 6.42 Å². The Balaban J connectivity index is 1.85. The highest BCUT2D eigenvalue weighted by Crippen LogP contribution is 2.26. The van der Waals surface area contributed by atoms with Crippen molar-refractivity contribution in [1.29, 1.82) is 5.26 Å². The van der Waals surface area contributed by atoms with E-state index in [1.54, 1.807) is 6.26 Å². The van der Waals surface area contributed by atoms with Crippen molar-refractivity contribution in [1.82, 2.24) is 0 Å². The van der Waals surface area contributed by atoms with Crippen molar-refractivity contribution >= 4 is 0 Å². The number of hydrogen-bond acceptors (Lipinski definition) is 3. The molecule has 1 aromatic heterocycles. The highest BCUT2D eigenvalue weighted by Gasteiger charge is 2.25. The third-order valence-electron chi connectivity index (χ3n) is 2.89. The molecule has 0 amide bonds. The SMILES string of the molecule is N#CC1CCCCC1OCc1ccco1. The number of ether oxygens (including phenoxy) is 1. The maximum Gasteiger partial charge on any atom is 0.129 e. The minimum absolute atomic E-state index is 0.0636. The van der Waals surface area contributed by atoms with Gasteiger partial charge in [-0.2, -0.15) is 5.26 Å². The maximum atomic E-state index is 8.97. The van der Waals surface area contributed by atoms with Crippen molar-refractivity contribution in [3.63, 3.8) is 0 Å². The third kappa shape index (κ3) is 2.60. The molecule has 0 aliphatic heterocycles. The second-order valence-corrected chi connectivity index (χ2v) is 3.95. The molecule has 0 bridgehead atoms. The molecule has 0 radical (unpaired) electrons. The van der Waals surface area contributed by atoms with Gasteiger partial charge in [-0.1, -0.05) is 12.8 Å². The number of furan rings is 1. The fraction of sp³-hybridized carbons (Fsp3) is 0.583. The Morgan fingerprint density at radius 1 is 1.47 bits per heavy atom. The standard InChI is InChI=1S/C12H15NO2/c13-8-10-4-1-2-6-12(10)15-9-11-5-3-7-14-11/h3,5,7,10,12H,1-2,4,6,9H2. The van der Waals surface area contributed by atoms with Crippen LogP contribution < -0.4 is 0 Å². The number of hydrogen-bond donors (Lipinski definition) is 0. The van der Waals surface area contributed by atoms with E-state index >= 15 is 0 Å². The Kier molecular flexibility index (Phi) is 3.41. The van der Waals surface area contributed by atoms with Gasteiger partial charge < -0.3 is 9.15 Å². The second-order valence-electron chi connectivity index (χ2n) is 3.95. The van der Waals surface area contributed by atoms with Crippen LogP contribution in [-0.4, -0.2) is 6.10 Å². The van der Waals surface area contributed by atoms with Crippen LogP contribution in [0, 0.1) is 17.2 Å². The third-order valence-corrected chi connectivity index (χ3v) is 2.89. The number of rotatable bonds is 3. The fourth-order valence-corrected chi connectivity index (χ4v) is 2.03. The summed E-state index contributed by atoms with van der Waals surface area (Å²) in [5.74, 6) is 0.894. The first-order valence-corrected chi connectivity index (χ1v) is 5.44. The fourth-order valence-electron chi connectivity index (χ4n) is 2.03. The molecule has 0 N–H and O–H groups in total. The molecule has 1 aliphatic carbocycles. The second kappa shape index (κ2) is 4.99. The van der Waals surface area contributed by atoms with Gasteiger partial charge in [0.25, 0.3) is 0 Å². The minimum Gasteiger partial charge on any atom is -0.467 e. The molecule has 1 aliphatic rings. The Labute approximate surface area is 89.6 Å². The van der Waals surface area contributed by atoms with E-state index in [0.717, 1.165) is 25.0 Å². The Bertz CT molecular complexity index is 326. The molecule has 3 heteroatoms. The molecule has 0 saturated heterocycles. The van der Waals surface area contributed by atoms with Crippen LogP contribution in [0.15, 0.2) is 22.8 Å². The minimum atomic E-state index is 0.0636. The van der Waals surface area contributed by atoms with Crippen LogP contribution >= 0.6 is 0 Å². The smallest absolute Gasteiger partial charge is 0.129 e. The van der Waals surface area contributed by atoms with Crippen LogP contribution in [0.2, 0.25) is 0 Å². The van der Waals surface area contributed by atoms with E-state index < -0.39 is 0 Å². The average molecular weight is 205 g/mol. The summed E-state index contributed by atoms with van der Waals surface area (Å²) in [5, 5.41) is 8.97. The molecule has 15 heavy (non-hydrogen) atoms. The summed E-state index contributed by atoms with van der Waals surface area (Å²) in [7, 11) is 0. The van der Waals surface area contributed by atoms with Gasteiger partial charge in [-0.15, -0.1) is 0 Å². The summed E-state index contributed by atoms with van der Waals surface area (Å²) >= 11 is 0. The van der Waals surface area contributed by atoms with E-state index in [9.17, 15) is 0 Å². The summed E-state index contributed by atoms with van der Waals surface area (Å²) < 4.78 is 10.9. The summed E-state index contributed by atoms with van der Waals surface area (Å²) in [6.45, 7) is 0.482. The molecule has 0 aromatic carbocycles. The Hall–Kier alpha value is -1.27. The van der Waals surface area contributed by atoms with Gasteiger partial charge in [-0.3, -0.25) is 0 Å². The number of nitriles is 1. The van der Waals surface area contributed by atoms with Crippen LogP contribution in [0.1, 0.15) is 31.4 Å². The zero-order valence-electron chi connectivity index (χ0n) is 8.69.